The zero-order valence-corrected chi connectivity index (χ0v) is 14.4. The summed E-state index contributed by atoms with van der Waals surface area (Å²) in [6.45, 7) is 8.45. The second-order valence-electron chi connectivity index (χ2n) is 5.47. The molecule has 0 fully saturated rings. The van der Waals surface area contributed by atoms with Crippen molar-refractivity contribution < 1.29 is 0 Å². The number of aliphatic imine (C=N–C) groups is 1. The van der Waals surface area contributed by atoms with E-state index in [1.54, 1.807) is 6.20 Å². The molecule has 124 valence electrons. The van der Waals surface area contributed by atoms with Crippen LogP contribution in [0.2, 0.25) is 0 Å². The van der Waals surface area contributed by atoms with E-state index < -0.39 is 0 Å². The lowest BCUT2D eigenvalue weighted by atomic mass is 10.1. The molecule has 0 aliphatic heterocycles. The van der Waals surface area contributed by atoms with Crippen molar-refractivity contribution in [3.05, 3.63) is 47.0 Å². The largest absolute Gasteiger partial charge is 0.357 e. The summed E-state index contributed by atoms with van der Waals surface area (Å²) >= 11 is 0. The fraction of sp³-hybridized carbons (Fsp3) is 0.471. The summed E-state index contributed by atoms with van der Waals surface area (Å²) in [5.74, 6) is 0.817. The fourth-order valence-corrected chi connectivity index (χ4v) is 2.48. The molecule has 0 saturated heterocycles. The molecule has 2 heterocycles. The van der Waals surface area contributed by atoms with Crippen LogP contribution in [-0.4, -0.2) is 33.8 Å². The Labute approximate surface area is 138 Å². The number of pyridine rings is 1. The van der Waals surface area contributed by atoms with E-state index in [-0.39, 0.29) is 0 Å². The smallest absolute Gasteiger partial charge is 0.191 e. The maximum atomic E-state index is 4.58. The van der Waals surface area contributed by atoms with E-state index in [1.165, 1.54) is 11.3 Å². The maximum absolute atomic E-state index is 4.58. The third-order valence-corrected chi connectivity index (χ3v) is 3.80. The normalized spacial score (nSPS) is 11.6. The van der Waals surface area contributed by atoms with Gasteiger partial charge in [0.15, 0.2) is 5.96 Å². The molecule has 6 nitrogen and oxygen atoms in total. The van der Waals surface area contributed by atoms with Crippen molar-refractivity contribution in [3.63, 3.8) is 0 Å². The first-order valence-corrected chi connectivity index (χ1v) is 8.03. The van der Waals surface area contributed by atoms with E-state index in [2.05, 4.69) is 46.5 Å². The van der Waals surface area contributed by atoms with Gasteiger partial charge in [0.2, 0.25) is 0 Å². The third kappa shape index (κ3) is 4.81. The van der Waals surface area contributed by atoms with E-state index in [4.69, 9.17) is 0 Å². The standard InChI is InChI=1S/C17H26N6/c1-5-18-17(21-12-15-8-6-7-10-19-15)20-11-9-16-13(2)22-23(4)14(16)3/h6-8,10H,5,9,11-12H2,1-4H3,(H2,18,20,21). The molecule has 0 atom stereocenters. The summed E-state index contributed by atoms with van der Waals surface area (Å²) in [4.78, 5) is 8.87. The predicted octanol–water partition coefficient (Wildman–Crippen LogP) is 1.73. The molecule has 2 aromatic rings. The number of rotatable bonds is 6. The topological polar surface area (TPSA) is 67.1 Å². The Morgan fingerprint density at radius 3 is 2.70 bits per heavy atom. The molecule has 2 rings (SSSR count). The van der Waals surface area contributed by atoms with Gasteiger partial charge in [-0.2, -0.15) is 5.10 Å². The highest BCUT2D eigenvalue weighted by Gasteiger charge is 2.09. The van der Waals surface area contributed by atoms with Crippen LogP contribution >= 0.6 is 0 Å². The second-order valence-corrected chi connectivity index (χ2v) is 5.47. The van der Waals surface area contributed by atoms with Gasteiger partial charge in [0.25, 0.3) is 0 Å². The number of hydrogen-bond donors (Lipinski definition) is 2. The molecule has 2 aromatic heterocycles. The monoisotopic (exact) mass is 314 g/mol. The van der Waals surface area contributed by atoms with Gasteiger partial charge in [0.1, 0.15) is 0 Å². The lowest BCUT2D eigenvalue weighted by Gasteiger charge is -2.11. The summed E-state index contributed by atoms with van der Waals surface area (Å²) in [5.41, 5.74) is 4.59. The highest BCUT2D eigenvalue weighted by Crippen LogP contribution is 2.11. The first-order valence-electron chi connectivity index (χ1n) is 8.03. The van der Waals surface area contributed by atoms with Gasteiger partial charge >= 0.3 is 0 Å². The van der Waals surface area contributed by atoms with Gasteiger partial charge in [0, 0.05) is 32.0 Å². The van der Waals surface area contributed by atoms with Crippen molar-refractivity contribution in [2.24, 2.45) is 12.0 Å². The average molecular weight is 314 g/mol. The van der Waals surface area contributed by atoms with E-state index in [0.29, 0.717) is 6.54 Å². The first kappa shape index (κ1) is 17.0. The maximum Gasteiger partial charge on any atom is 0.191 e. The third-order valence-electron chi connectivity index (χ3n) is 3.80. The van der Waals surface area contributed by atoms with Crippen LogP contribution in [0.25, 0.3) is 0 Å². The molecule has 0 amide bonds. The highest BCUT2D eigenvalue weighted by molar-refractivity contribution is 5.79. The van der Waals surface area contributed by atoms with Crippen LogP contribution in [0.4, 0.5) is 0 Å². The van der Waals surface area contributed by atoms with Crippen LogP contribution in [-0.2, 0) is 20.0 Å². The van der Waals surface area contributed by atoms with E-state index in [0.717, 1.165) is 36.9 Å². The Kier molecular flexibility index (Phi) is 6.14. The van der Waals surface area contributed by atoms with Crippen LogP contribution in [0.3, 0.4) is 0 Å². The lowest BCUT2D eigenvalue weighted by molar-refractivity contribution is 0.729. The summed E-state index contributed by atoms with van der Waals surface area (Å²) in [6.07, 6.45) is 2.72. The molecule has 0 unspecified atom stereocenters. The van der Waals surface area contributed by atoms with Crippen LogP contribution < -0.4 is 10.6 Å². The van der Waals surface area contributed by atoms with E-state index >= 15 is 0 Å². The molecule has 2 N–H and O–H groups in total. The minimum Gasteiger partial charge on any atom is -0.357 e. The van der Waals surface area contributed by atoms with Gasteiger partial charge in [-0.3, -0.25) is 9.67 Å². The highest BCUT2D eigenvalue weighted by atomic mass is 15.3. The van der Waals surface area contributed by atoms with Gasteiger partial charge in [-0.05, 0) is 44.9 Å². The summed E-state index contributed by atoms with van der Waals surface area (Å²) in [5, 5.41) is 11.1. The average Bonchev–Trinajstić information content (AvgIpc) is 2.79. The molecule has 0 saturated carbocycles. The number of nitrogens with one attached hydrogen (secondary N) is 2. The molecule has 0 spiro atoms. The zero-order chi connectivity index (χ0) is 16.7. The van der Waals surface area contributed by atoms with Gasteiger partial charge < -0.3 is 10.6 Å². The van der Waals surface area contributed by atoms with Crippen molar-refractivity contribution in [3.8, 4) is 0 Å². The van der Waals surface area contributed by atoms with Crippen LogP contribution in [0, 0.1) is 13.8 Å². The Morgan fingerprint density at radius 1 is 1.26 bits per heavy atom. The molecular weight excluding hydrogens is 288 g/mol. The molecule has 0 radical (unpaired) electrons. The van der Waals surface area contributed by atoms with Crippen LogP contribution in [0.1, 0.15) is 29.6 Å². The first-order chi connectivity index (χ1) is 11.1. The lowest BCUT2D eigenvalue weighted by Crippen LogP contribution is -2.38. The molecule has 0 bridgehead atoms. The van der Waals surface area contributed by atoms with Gasteiger partial charge in [-0.15, -0.1) is 0 Å². The Balaban J connectivity index is 1.92. The van der Waals surface area contributed by atoms with E-state index in [1.807, 2.05) is 29.9 Å². The second kappa shape index (κ2) is 8.31. The van der Waals surface area contributed by atoms with Crippen LogP contribution in [0.15, 0.2) is 29.4 Å². The van der Waals surface area contributed by atoms with Crippen molar-refractivity contribution in [1.82, 2.24) is 25.4 Å². The summed E-state index contributed by atoms with van der Waals surface area (Å²) < 4.78 is 1.94. The van der Waals surface area contributed by atoms with Gasteiger partial charge in [0.05, 0.1) is 17.9 Å². The molecule has 6 heteroatoms. The Morgan fingerprint density at radius 2 is 2.09 bits per heavy atom. The Bertz CT molecular complexity index is 645. The molecule has 0 aromatic carbocycles. The van der Waals surface area contributed by atoms with Crippen molar-refractivity contribution >= 4 is 5.96 Å². The van der Waals surface area contributed by atoms with Crippen molar-refractivity contribution in [1.29, 1.82) is 0 Å². The van der Waals surface area contributed by atoms with Crippen molar-refractivity contribution in [2.45, 2.75) is 33.7 Å². The SMILES string of the molecule is CCNC(=NCc1ccccn1)NCCc1c(C)nn(C)c1C. The number of guanidine groups is 1. The quantitative estimate of drug-likeness (QED) is 0.629. The van der Waals surface area contributed by atoms with Gasteiger partial charge in [-0.25, -0.2) is 4.99 Å². The van der Waals surface area contributed by atoms with Crippen molar-refractivity contribution in [2.75, 3.05) is 13.1 Å². The number of nitrogens with zero attached hydrogens (tertiary/aromatic N) is 4. The molecule has 23 heavy (non-hydrogen) atoms. The summed E-state index contributed by atoms with van der Waals surface area (Å²) in [7, 11) is 1.98. The number of aryl methyl sites for hydroxylation is 2. The van der Waals surface area contributed by atoms with Gasteiger partial charge in [-0.1, -0.05) is 6.07 Å². The van der Waals surface area contributed by atoms with E-state index in [9.17, 15) is 0 Å². The molecular formula is C17H26N6. The molecule has 0 aliphatic rings. The number of hydrogen-bond acceptors (Lipinski definition) is 3. The number of aromatic nitrogens is 3. The minimum absolute atomic E-state index is 0.571. The summed E-state index contributed by atoms with van der Waals surface area (Å²) in [6, 6.07) is 5.87. The minimum atomic E-state index is 0.571. The zero-order valence-electron chi connectivity index (χ0n) is 14.4. The fourth-order valence-electron chi connectivity index (χ4n) is 2.48. The van der Waals surface area contributed by atoms with Crippen LogP contribution in [0.5, 0.6) is 0 Å². The Hall–Kier alpha value is -2.37. The predicted molar refractivity (Wildman–Crippen MR) is 93.4 cm³/mol. The molecule has 0 aliphatic carbocycles.